The number of nitrogens with two attached hydrogens (primary N) is 1. The van der Waals surface area contributed by atoms with Crippen molar-refractivity contribution in [2.24, 2.45) is 5.73 Å². The van der Waals surface area contributed by atoms with Crippen LogP contribution >= 0.6 is 0 Å². The lowest BCUT2D eigenvalue weighted by Crippen LogP contribution is -2.47. The molecule has 50 heavy (non-hydrogen) atoms. The van der Waals surface area contributed by atoms with Crippen LogP contribution in [-0.2, 0) is 11.6 Å². The van der Waals surface area contributed by atoms with Gasteiger partial charge < -0.3 is 31.1 Å². The summed E-state index contributed by atoms with van der Waals surface area (Å²) < 4.78 is 40.4. The average Bonchev–Trinajstić information content (AvgIpc) is 3.53. The summed E-state index contributed by atoms with van der Waals surface area (Å²) in [5, 5.41) is 6.27. The van der Waals surface area contributed by atoms with Crippen LogP contribution in [0.2, 0.25) is 0 Å². The van der Waals surface area contributed by atoms with Crippen LogP contribution in [0.15, 0.2) is 36.4 Å². The van der Waals surface area contributed by atoms with Crippen molar-refractivity contribution in [2.75, 3.05) is 83.4 Å². The maximum atomic E-state index is 13.5. The fraction of sp³-hybridized carbons (Fsp3) is 0.667. The van der Waals surface area contributed by atoms with Gasteiger partial charge in [-0.1, -0.05) is 51.1 Å². The van der Waals surface area contributed by atoms with E-state index in [1.807, 2.05) is 36.6 Å². The van der Waals surface area contributed by atoms with E-state index >= 15 is 0 Å². The summed E-state index contributed by atoms with van der Waals surface area (Å²) in [4.78, 5) is 39.5. The number of carbonyl (C=O) groups excluding carboxylic acids is 2. The predicted octanol–water partition coefficient (Wildman–Crippen LogP) is 5.03. The van der Waals surface area contributed by atoms with Crippen molar-refractivity contribution in [3.8, 4) is 0 Å². The normalized spacial score (nSPS) is 19.6. The quantitative estimate of drug-likeness (QED) is 0.346. The van der Waals surface area contributed by atoms with Gasteiger partial charge in [0.15, 0.2) is 0 Å². The molecule has 278 valence electrons. The largest absolute Gasteiger partial charge is 0.433 e. The van der Waals surface area contributed by atoms with Gasteiger partial charge in [0.25, 0.3) is 0 Å². The molecule has 4 heterocycles. The van der Waals surface area contributed by atoms with Crippen molar-refractivity contribution < 1.29 is 22.8 Å². The monoisotopic (exact) mass is 703 g/mol. The van der Waals surface area contributed by atoms with Crippen LogP contribution in [0.3, 0.4) is 0 Å². The Morgan fingerprint density at radius 3 is 2.28 bits per heavy atom. The van der Waals surface area contributed by atoms with E-state index in [0.29, 0.717) is 31.4 Å². The van der Waals surface area contributed by atoms with E-state index in [0.717, 1.165) is 103 Å². The molecule has 1 aromatic heterocycles. The molecule has 3 fully saturated rings. The molecular weight excluding hydrogens is 647 g/mol. The van der Waals surface area contributed by atoms with Gasteiger partial charge in [0.2, 0.25) is 0 Å². The Kier molecular flexibility index (Phi) is 14.5. The third-order valence-corrected chi connectivity index (χ3v) is 9.49. The minimum atomic E-state index is -4.51. The van der Waals surface area contributed by atoms with Crippen LogP contribution in [0.1, 0.15) is 82.3 Å². The number of anilines is 1. The maximum absolute atomic E-state index is 13.5. The second-order valence-electron chi connectivity index (χ2n) is 14.4. The Bertz CT molecular complexity index is 1310. The molecule has 14 heteroatoms. The van der Waals surface area contributed by atoms with E-state index in [1.165, 1.54) is 5.56 Å². The Hall–Kier alpha value is -3.65. The Labute approximate surface area is 295 Å². The molecule has 2 aromatic rings. The van der Waals surface area contributed by atoms with Gasteiger partial charge in [-0.15, -0.1) is 0 Å². The van der Waals surface area contributed by atoms with Gasteiger partial charge in [-0.3, -0.25) is 4.90 Å². The summed E-state index contributed by atoms with van der Waals surface area (Å²) in [5.74, 6) is 1.07. The molecule has 3 saturated heterocycles. The number of urea groups is 2. The van der Waals surface area contributed by atoms with E-state index in [4.69, 9.17) is 5.73 Å². The molecule has 0 aliphatic carbocycles. The number of carbonyl (C=O) groups is 2. The molecule has 1 unspecified atom stereocenters. The summed E-state index contributed by atoms with van der Waals surface area (Å²) in [7, 11) is 0. The molecule has 3 aliphatic rings. The number of rotatable bonds is 7. The minimum absolute atomic E-state index is 0.0278. The van der Waals surface area contributed by atoms with Gasteiger partial charge in [0.1, 0.15) is 17.3 Å². The number of alkyl halides is 3. The van der Waals surface area contributed by atoms with E-state index in [-0.39, 0.29) is 17.9 Å². The van der Waals surface area contributed by atoms with Gasteiger partial charge in [-0.25, -0.2) is 19.6 Å². The number of nitrogens with zero attached hydrogens (tertiary/aromatic N) is 6. The Morgan fingerprint density at radius 2 is 1.60 bits per heavy atom. The highest BCUT2D eigenvalue weighted by Gasteiger charge is 2.36. The SMILES string of the molecule is CC(C)(C)c1nc(N2CCN(CCCCNC(=O)N3CCCC(c4ccccc4)CC3)CC2)cc(C(F)(F)F)n1.NC(=O)N1CCCNCC1. The summed E-state index contributed by atoms with van der Waals surface area (Å²) in [6.45, 7) is 14.7. The van der Waals surface area contributed by atoms with E-state index < -0.39 is 17.3 Å². The van der Waals surface area contributed by atoms with Gasteiger partial charge in [-0.2, -0.15) is 13.2 Å². The van der Waals surface area contributed by atoms with E-state index in [9.17, 15) is 22.8 Å². The molecular formula is C36H56F3N9O2. The van der Waals surface area contributed by atoms with Crippen molar-refractivity contribution in [2.45, 2.75) is 76.8 Å². The minimum Gasteiger partial charge on any atom is -0.354 e. The highest BCUT2D eigenvalue weighted by molar-refractivity contribution is 5.74. The van der Waals surface area contributed by atoms with Crippen molar-refractivity contribution in [3.05, 3.63) is 53.5 Å². The van der Waals surface area contributed by atoms with Gasteiger partial charge >= 0.3 is 18.2 Å². The highest BCUT2D eigenvalue weighted by Crippen LogP contribution is 2.32. The average molecular weight is 704 g/mol. The topological polar surface area (TPSA) is 123 Å². The van der Waals surface area contributed by atoms with Crippen molar-refractivity contribution >= 4 is 17.9 Å². The van der Waals surface area contributed by atoms with Crippen molar-refractivity contribution in [1.82, 2.24) is 35.3 Å². The van der Waals surface area contributed by atoms with Crippen molar-refractivity contribution in [1.29, 1.82) is 0 Å². The molecule has 0 radical (unpaired) electrons. The molecule has 1 atom stereocenters. The summed E-state index contributed by atoms with van der Waals surface area (Å²) in [6, 6.07) is 11.4. The maximum Gasteiger partial charge on any atom is 0.433 e. The number of nitrogens with one attached hydrogen (secondary N) is 2. The molecule has 0 saturated carbocycles. The zero-order chi connectivity index (χ0) is 36.1. The van der Waals surface area contributed by atoms with Crippen LogP contribution in [0.25, 0.3) is 0 Å². The fourth-order valence-electron chi connectivity index (χ4n) is 6.47. The van der Waals surface area contributed by atoms with Crippen LogP contribution in [0, 0.1) is 0 Å². The lowest BCUT2D eigenvalue weighted by molar-refractivity contribution is -0.141. The number of benzene rings is 1. The first kappa shape index (κ1) is 39.1. The Morgan fingerprint density at radius 1 is 0.880 bits per heavy atom. The van der Waals surface area contributed by atoms with Crippen LogP contribution < -0.4 is 21.3 Å². The molecule has 1 aromatic carbocycles. The third kappa shape index (κ3) is 12.3. The van der Waals surface area contributed by atoms with Crippen LogP contribution in [0.4, 0.5) is 28.6 Å². The lowest BCUT2D eigenvalue weighted by atomic mass is 9.92. The second-order valence-corrected chi connectivity index (χ2v) is 14.4. The fourth-order valence-corrected chi connectivity index (χ4v) is 6.47. The van der Waals surface area contributed by atoms with Crippen LogP contribution in [0.5, 0.6) is 0 Å². The van der Waals surface area contributed by atoms with Gasteiger partial charge in [0, 0.05) is 76.9 Å². The summed E-state index contributed by atoms with van der Waals surface area (Å²) in [5.41, 5.74) is 5.00. The number of unbranched alkanes of at least 4 members (excludes halogenated alkanes) is 1. The van der Waals surface area contributed by atoms with E-state index in [2.05, 4.69) is 49.8 Å². The summed E-state index contributed by atoms with van der Waals surface area (Å²) >= 11 is 0. The predicted molar refractivity (Wildman–Crippen MR) is 190 cm³/mol. The number of hydrogen-bond donors (Lipinski definition) is 3. The number of aromatic nitrogens is 2. The zero-order valence-corrected chi connectivity index (χ0v) is 30.0. The molecule has 3 aliphatic heterocycles. The molecule has 4 N–H and O–H groups in total. The smallest absolute Gasteiger partial charge is 0.354 e. The first-order chi connectivity index (χ1) is 23.8. The first-order valence-corrected chi connectivity index (χ1v) is 18.1. The molecule has 0 spiro atoms. The first-order valence-electron chi connectivity index (χ1n) is 18.1. The number of piperazine rings is 1. The lowest BCUT2D eigenvalue weighted by Gasteiger charge is -2.36. The number of halogens is 3. The highest BCUT2D eigenvalue weighted by atomic mass is 19.4. The second kappa shape index (κ2) is 18.5. The Balaban J connectivity index is 0.000000482. The standard InChI is InChI=1S/C30H43F3N6O.C6H13N3O/c1-29(2,3)27-35-25(30(31,32)33)22-26(36-27)38-20-18-37(19-21-38)15-8-7-14-34-28(40)39-16-9-12-24(13-17-39)23-10-5-4-6-11-23;7-6(10)9-4-1-2-8-3-5-9/h4-6,10-11,22,24H,7-9,12-21H2,1-3H3,(H,34,40);8H,1-5H2,(H2,7,10). The number of primary amides is 1. The molecule has 0 bridgehead atoms. The number of amides is 4. The molecule has 5 rings (SSSR count). The zero-order valence-electron chi connectivity index (χ0n) is 30.0. The van der Waals surface area contributed by atoms with Gasteiger partial charge in [-0.05, 0) is 63.1 Å². The van der Waals surface area contributed by atoms with E-state index in [1.54, 1.807) is 4.90 Å². The number of likely N-dealkylation sites (tertiary alicyclic amines) is 1. The summed E-state index contributed by atoms with van der Waals surface area (Å²) in [6.07, 6.45) is 1.46. The van der Waals surface area contributed by atoms with Gasteiger partial charge in [0.05, 0.1) is 0 Å². The van der Waals surface area contributed by atoms with Crippen LogP contribution in [-0.4, -0.2) is 115 Å². The molecule has 4 amide bonds. The number of hydrogen-bond acceptors (Lipinski definition) is 7. The van der Waals surface area contributed by atoms with Crippen molar-refractivity contribution in [3.63, 3.8) is 0 Å². The molecule has 11 nitrogen and oxygen atoms in total. The third-order valence-electron chi connectivity index (χ3n) is 9.49.